The monoisotopic (exact) mass is 184 g/mol. The first-order chi connectivity index (χ1) is 6.10. The molecule has 13 heavy (non-hydrogen) atoms. The van der Waals surface area contributed by atoms with Crippen molar-refractivity contribution in [2.75, 3.05) is 20.1 Å². The first-order valence-electron chi connectivity index (χ1n) is 5.52. The van der Waals surface area contributed by atoms with E-state index in [1.807, 2.05) is 0 Å². The van der Waals surface area contributed by atoms with E-state index in [2.05, 4.69) is 38.0 Å². The molecule has 1 fully saturated rings. The predicted octanol–water partition coefficient (Wildman–Crippen LogP) is 1.86. The van der Waals surface area contributed by atoms with Crippen molar-refractivity contribution in [2.24, 2.45) is 0 Å². The Morgan fingerprint density at radius 3 is 2.69 bits per heavy atom. The molecule has 0 spiro atoms. The lowest BCUT2D eigenvalue weighted by Crippen LogP contribution is -2.53. The fourth-order valence-electron chi connectivity index (χ4n) is 1.99. The van der Waals surface area contributed by atoms with Gasteiger partial charge in [0.05, 0.1) is 0 Å². The minimum Gasteiger partial charge on any atom is -0.316 e. The molecule has 0 bridgehead atoms. The van der Waals surface area contributed by atoms with Gasteiger partial charge in [0.25, 0.3) is 0 Å². The molecule has 2 heteroatoms. The van der Waals surface area contributed by atoms with Crippen LogP contribution >= 0.6 is 0 Å². The number of rotatable bonds is 3. The third kappa shape index (κ3) is 2.68. The van der Waals surface area contributed by atoms with Gasteiger partial charge in [0.2, 0.25) is 0 Å². The zero-order valence-corrected chi connectivity index (χ0v) is 9.56. The van der Waals surface area contributed by atoms with E-state index in [4.69, 9.17) is 0 Å². The molecule has 0 aromatic rings. The Balaban J connectivity index is 2.50. The second-order valence-electron chi connectivity index (χ2n) is 4.74. The summed E-state index contributed by atoms with van der Waals surface area (Å²) >= 11 is 0. The number of hydrogen-bond donors (Lipinski definition) is 1. The maximum atomic E-state index is 3.39. The van der Waals surface area contributed by atoms with Gasteiger partial charge in [-0.2, -0.15) is 0 Å². The summed E-state index contributed by atoms with van der Waals surface area (Å²) in [4.78, 5) is 2.62. The highest BCUT2D eigenvalue weighted by atomic mass is 15.2. The summed E-state index contributed by atoms with van der Waals surface area (Å²) in [5.41, 5.74) is 0.384. The number of nitrogens with zero attached hydrogens (tertiary/aromatic N) is 1. The summed E-state index contributed by atoms with van der Waals surface area (Å²) in [6, 6.07) is 0.708. The molecular formula is C11H24N2. The molecule has 0 saturated carbocycles. The van der Waals surface area contributed by atoms with E-state index in [-0.39, 0.29) is 0 Å². The molecule has 1 rings (SSSR count). The Morgan fingerprint density at radius 1 is 1.46 bits per heavy atom. The van der Waals surface area contributed by atoms with Crippen molar-refractivity contribution in [1.29, 1.82) is 0 Å². The lowest BCUT2D eigenvalue weighted by atomic mass is 9.94. The first-order valence-corrected chi connectivity index (χ1v) is 5.52. The molecular weight excluding hydrogens is 160 g/mol. The van der Waals surface area contributed by atoms with Gasteiger partial charge >= 0.3 is 0 Å². The molecule has 1 saturated heterocycles. The Labute approximate surface area is 82.7 Å². The van der Waals surface area contributed by atoms with E-state index >= 15 is 0 Å². The summed E-state index contributed by atoms with van der Waals surface area (Å²) < 4.78 is 0. The standard InChI is InChI=1S/C11H24N2/c1-5-11(2,3)13-8-6-7-10(9-13)12-4/h10,12H,5-9H2,1-4H3/t10-/m1/s1. The number of likely N-dealkylation sites (tertiary alicyclic amines) is 1. The molecule has 2 nitrogen and oxygen atoms in total. The van der Waals surface area contributed by atoms with Crippen LogP contribution in [0.5, 0.6) is 0 Å². The van der Waals surface area contributed by atoms with Crippen LogP contribution in [-0.4, -0.2) is 36.6 Å². The van der Waals surface area contributed by atoms with Gasteiger partial charge in [-0.25, -0.2) is 0 Å². The third-order valence-electron chi connectivity index (χ3n) is 3.55. The van der Waals surface area contributed by atoms with Crippen LogP contribution in [0.4, 0.5) is 0 Å². The van der Waals surface area contributed by atoms with E-state index in [9.17, 15) is 0 Å². The number of hydrogen-bond acceptors (Lipinski definition) is 2. The van der Waals surface area contributed by atoms with Gasteiger partial charge in [0.15, 0.2) is 0 Å². The van der Waals surface area contributed by atoms with Crippen LogP contribution in [0.1, 0.15) is 40.0 Å². The maximum absolute atomic E-state index is 3.39. The van der Waals surface area contributed by atoms with Gasteiger partial charge in [-0.1, -0.05) is 6.92 Å². The van der Waals surface area contributed by atoms with Gasteiger partial charge in [-0.15, -0.1) is 0 Å². The summed E-state index contributed by atoms with van der Waals surface area (Å²) in [7, 11) is 2.08. The van der Waals surface area contributed by atoms with E-state index < -0.39 is 0 Å². The molecule has 1 aliphatic rings. The van der Waals surface area contributed by atoms with Crippen molar-refractivity contribution < 1.29 is 0 Å². The largest absolute Gasteiger partial charge is 0.316 e. The smallest absolute Gasteiger partial charge is 0.0192 e. The van der Waals surface area contributed by atoms with E-state index in [0.717, 1.165) is 0 Å². The molecule has 78 valence electrons. The van der Waals surface area contributed by atoms with Crippen molar-refractivity contribution in [3.8, 4) is 0 Å². The Morgan fingerprint density at radius 2 is 2.15 bits per heavy atom. The van der Waals surface area contributed by atoms with Crippen LogP contribution in [0.15, 0.2) is 0 Å². The van der Waals surface area contributed by atoms with Crippen molar-refractivity contribution in [1.82, 2.24) is 10.2 Å². The van der Waals surface area contributed by atoms with Gasteiger partial charge in [-0.3, -0.25) is 4.90 Å². The molecule has 0 amide bonds. The van der Waals surface area contributed by atoms with Crippen molar-refractivity contribution in [3.63, 3.8) is 0 Å². The van der Waals surface area contributed by atoms with Crippen molar-refractivity contribution >= 4 is 0 Å². The van der Waals surface area contributed by atoms with Crippen LogP contribution in [0.25, 0.3) is 0 Å². The van der Waals surface area contributed by atoms with Crippen molar-refractivity contribution in [2.45, 2.75) is 51.6 Å². The second kappa shape index (κ2) is 4.43. The van der Waals surface area contributed by atoms with Crippen LogP contribution < -0.4 is 5.32 Å². The molecule has 0 unspecified atom stereocenters. The van der Waals surface area contributed by atoms with E-state index in [1.54, 1.807) is 0 Å². The lowest BCUT2D eigenvalue weighted by Gasteiger charge is -2.43. The average molecular weight is 184 g/mol. The second-order valence-corrected chi connectivity index (χ2v) is 4.74. The van der Waals surface area contributed by atoms with Gasteiger partial charge in [-0.05, 0) is 46.7 Å². The van der Waals surface area contributed by atoms with Crippen LogP contribution in [-0.2, 0) is 0 Å². The van der Waals surface area contributed by atoms with Gasteiger partial charge in [0, 0.05) is 18.1 Å². The highest BCUT2D eigenvalue weighted by Crippen LogP contribution is 2.23. The normalized spacial score (nSPS) is 26.3. The minimum absolute atomic E-state index is 0.384. The zero-order valence-electron chi connectivity index (χ0n) is 9.56. The van der Waals surface area contributed by atoms with Crippen molar-refractivity contribution in [3.05, 3.63) is 0 Å². The molecule has 1 heterocycles. The molecule has 1 N–H and O–H groups in total. The Kier molecular flexibility index (Phi) is 3.74. The minimum atomic E-state index is 0.384. The molecule has 0 radical (unpaired) electrons. The number of nitrogens with one attached hydrogen (secondary N) is 1. The quantitative estimate of drug-likeness (QED) is 0.720. The third-order valence-corrected chi connectivity index (χ3v) is 3.55. The SMILES string of the molecule is CCC(C)(C)N1CCC[C@@H](NC)C1. The zero-order chi connectivity index (χ0) is 9.90. The summed E-state index contributed by atoms with van der Waals surface area (Å²) in [6.07, 6.45) is 3.92. The highest BCUT2D eigenvalue weighted by molar-refractivity contribution is 4.86. The molecule has 0 aliphatic carbocycles. The van der Waals surface area contributed by atoms with Crippen LogP contribution in [0.3, 0.4) is 0 Å². The van der Waals surface area contributed by atoms with Crippen LogP contribution in [0.2, 0.25) is 0 Å². The number of piperidine rings is 1. The van der Waals surface area contributed by atoms with E-state index in [1.165, 1.54) is 32.4 Å². The highest BCUT2D eigenvalue weighted by Gasteiger charge is 2.29. The fraction of sp³-hybridized carbons (Fsp3) is 1.00. The van der Waals surface area contributed by atoms with Gasteiger partial charge in [0.1, 0.15) is 0 Å². The lowest BCUT2D eigenvalue weighted by molar-refractivity contribution is 0.0764. The Bertz CT molecular complexity index is 154. The molecule has 1 aliphatic heterocycles. The Hall–Kier alpha value is -0.0800. The number of likely N-dealkylation sites (N-methyl/N-ethyl adjacent to an activating group) is 1. The summed E-state index contributed by atoms with van der Waals surface area (Å²) in [6.45, 7) is 9.48. The summed E-state index contributed by atoms with van der Waals surface area (Å²) in [5.74, 6) is 0. The fourth-order valence-corrected chi connectivity index (χ4v) is 1.99. The van der Waals surface area contributed by atoms with E-state index in [0.29, 0.717) is 11.6 Å². The molecule has 0 aromatic carbocycles. The predicted molar refractivity (Wildman–Crippen MR) is 58.0 cm³/mol. The van der Waals surface area contributed by atoms with Crippen LogP contribution in [0, 0.1) is 0 Å². The first kappa shape index (κ1) is 11.0. The topological polar surface area (TPSA) is 15.3 Å². The molecule has 1 atom stereocenters. The van der Waals surface area contributed by atoms with Gasteiger partial charge < -0.3 is 5.32 Å². The molecule has 0 aromatic heterocycles. The maximum Gasteiger partial charge on any atom is 0.0192 e. The summed E-state index contributed by atoms with van der Waals surface area (Å²) in [5, 5.41) is 3.39. The average Bonchev–Trinajstić information content (AvgIpc) is 2.18.